The van der Waals surface area contributed by atoms with Crippen LogP contribution < -0.4 is 0 Å². The lowest BCUT2D eigenvalue weighted by Gasteiger charge is -2.20. The lowest BCUT2D eigenvalue weighted by molar-refractivity contribution is 0.313. The number of hydrogen-bond acceptors (Lipinski definition) is 1. The van der Waals surface area contributed by atoms with Crippen LogP contribution >= 0.6 is 0 Å². The fraction of sp³-hybridized carbons (Fsp3) is 0.400. The van der Waals surface area contributed by atoms with Crippen LogP contribution in [0.5, 0.6) is 0 Å². The summed E-state index contributed by atoms with van der Waals surface area (Å²) >= 11 is 0. The summed E-state index contributed by atoms with van der Waals surface area (Å²) in [6.07, 6.45) is 0. The van der Waals surface area contributed by atoms with Crippen molar-refractivity contribution in [3.05, 3.63) is 35.6 Å². The standard InChI is InChI=1S/C10H14FN/c1-8(12(2)3)9-6-4-5-7-10(9)11/h4-8H,1-3H3/t8-/m1/s1. The number of nitrogens with zero attached hydrogens (tertiary/aromatic N) is 1. The molecule has 0 unspecified atom stereocenters. The van der Waals surface area contributed by atoms with Crippen LogP contribution in [0.3, 0.4) is 0 Å². The van der Waals surface area contributed by atoms with E-state index in [1.165, 1.54) is 6.07 Å². The van der Waals surface area contributed by atoms with E-state index in [9.17, 15) is 4.39 Å². The fourth-order valence-electron chi connectivity index (χ4n) is 1.09. The average Bonchev–Trinajstić information content (AvgIpc) is 2.04. The first-order valence-corrected chi connectivity index (χ1v) is 4.03. The Labute approximate surface area is 72.8 Å². The van der Waals surface area contributed by atoms with E-state index in [1.54, 1.807) is 6.07 Å². The SMILES string of the molecule is C[C@H](c1ccccc1F)N(C)C. The summed E-state index contributed by atoms with van der Waals surface area (Å²) in [4.78, 5) is 1.98. The Morgan fingerprint density at radius 3 is 2.33 bits per heavy atom. The Morgan fingerprint density at radius 2 is 1.83 bits per heavy atom. The lowest BCUT2D eigenvalue weighted by Crippen LogP contribution is -2.17. The third-order valence-corrected chi connectivity index (χ3v) is 2.13. The predicted octanol–water partition coefficient (Wildman–Crippen LogP) is 2.45. The van der Waals surface area contributed by atoms with Crippen LogP contribution in [-0.4, -0.2) is 19.0 Å². The highest BCUT2D eigenvalue weighted by Gasteiger charge is 2.10. The molecule has 0 aliphatic carbocycles. The molecule has 0 fully saturated rings. The minimum atomic E-state index is -0.126. The molecule has 0 aliphatic rings. The van der Waals surface area contributed by atoms with Crippen molar-refractivity contribution in [3.8, 4) is 0 Å². The monoisotopic (exact) mass is 167 g/mol. The zero-order valence-corrected chi connectivity index (χ0v) is 7.71. The van der Waals surface area contributed by atoms with Crippen LogP contribution in [-0.2, 0) is 0 Å². The summed E-state index contributed by atoms with van der Waals surface area (Å²) < 4.78 is 13.2. The molecule has 0 spiro atoms. The highest BCUT2D eigenvalue weighted by Crippen LogP contribution is 2.19. The van der Waals surface area contributed by atoms with Crippen molar-refractivity contribution in [1.82, 2.24) is 4.90 Å². The second-order valence-corrected chi connectivity index (χ2v) is 3.16. The van der Waals surface area contributed by atoms with Crippen LogP contribution in [0.2, 0.25) is 0 Å². The molecule has 1 aromatic carbocycles. The van der Waals surface area contributed by atoms with Gasteiger partial charge in [0, 0.05) is 11.6 Å². The predicted molar refractivity (Wildman–Crippen MR) is 48.5 cm³/mol. The Bertz CT molecular complexity index is 258. The molecule has 12 heavy (non-hydrogen) atoms. The Morgan fingerprint density at radius 1 is 1.25 bits per heavy atom. The van der Waals surface area contributed by atoms with Gasteiger partial charge in [-0.2, -0.15) is 0 Å². The molecule has 0 saturated heterocycles. The van der Waals surface area contributed by atoms with E-state index in [4.69, 9.17) is 0 Å². The van der Waals surface area contributed by atoms with Gasteiger partial charge in [0.25, 0.3) is 0 Å². The van der Waals surface area contributed by atoms with E-state index in [1.807, 2.05) is 38.1 Å². The van der Waals surface area contributed by atoms with Gasteiger partial charge in [-0.3, -0.25) is 0 Å². The largest absolute Gasteiger partial charge is 0.303 e. The molecule has 0 heterocycles. The van der Waals surface area contributed by atoms with Crippen LogP contribution in [0.25, 0.3) is 0 Å². The number of benzene rings is 1. The minimum Gasteiger partial charge on any atom is -0.303 e. The maximum absolute atomic E-state index is 13.2. The first-order chi connectivity index (χ1) is 5.63. The van der Waals surface area contributed by atoms with E-state index in [0.717, 1.165) is 5.56 Å². The van der Waals surface area contributed by atoms with Gasteiger partial charge >= 0.3 is 0 Å². The van der Waals surface area contributed by atoms with Crippen LogP contribution in [0, 0.1) is 5.82 Å². The molecular weight excluding hydrogens is 153 g/mol. The van der Waals surface area contributed by atoms with Gasteiger partial charge in [0.15, 0.2) is 0 Å². The van der Waals surface area contributed by atoms with Gasteiger partial charge in [-0.25, -0.2) is 4.39 Å². The third-order valence-electron chi connectivity index (χ3n) is 2.13. The highest BCUT2D eigenvalue weighted by molar-refractivity contribution is 5.20. The second kappa shape index (κ2) is 3.68. The second-order valence-electron chi connectivity index (χ2n) is 3.16. The topological polar surface area (TPSA) is 3.24 Å². The Kier molecular flexibility index (Phi) is 2.82. The maximum atomic E-state index is 13.2. The minimum absolute atomic E-state index is 0.126. The van der Waals surface area contributed by atoms with E-state index in [-0.39, 0.29) is 11.9 Å². The van der Waals surface area contributed by atoms with Gasteiger partial charge in [0.05, 0.1) is 0 Å². The van der Waals surface area contributed by atoms with E-state index < -0.39 is 0 Å². The summed E-state index contributed by atoms with van der Waals surface area (Å²) in [5, 5.41) is 0. The van der Waals surface area contributed by atoms with Gasteiger partial charge in [0.2, 0.25) is 0 Å². The molecule has 2 heteroatoms. The summed E-state index contributed by atoms with van der Waals surface area (Å²) in [5.41, 5.74) is 0.752. The molecule has 1 aromatic rings. The summed E-state index contributed by atoms with van der Waals surface area (Å²) in [6.45, 7) is 1.98. The van der Waals surface area contributed by atoms with Gasteiger partial charge in [-0.15, -0.1) is 0 Å². The van der Waals surface area contributed by atoms with Gasteiger partial charge in [-0.1, -0.05) is 18.2 Å². The van der Waals surface area contributed by atoms with Crippen molar-refractivity contribution in [2.75, 3.05) is 14.1 Å². The summed E-state index contributed by atoms with van der Waals surface area (Å²) in [5.74, 6) is -0.126. The smallest absolute Gasteiger partial charge is 0.127 e. The molecule has 0 N–H and O–H groups in total. The number of rotatable bonds is 2. The van der Waals surface area contributed by atoms with E-state index in [0.29, 0.717) is 0 Å². The quantitative estimate of drug-likeness (QED) is 0.654. The molecule has 0 bridgehead atoms. The van der Waals surface area contributed by atoms with Crippen LogP contribution in [0.4, 0.5) is 4.39 Å². The normalized spacial score (nSPS) is 13.4. The van der Waals surface area contributed by atoms with Crippen LogP contribution in [0.1, 0.15) is 18.5 Å². The van der Waals surface area contributed by atoms with Crippen molar-refractivity contribution in [1.29, 1.82) is 0 Å². The van der Waals surface area contributed by atoms with Crippen molar-refractivity contribution in [3.63, 3.8) is 0 Å². The molecule has 1 atom stereocenters. The Balaban J connectivity index is 2.94. The molecule has 1 nitrogen and oxygen atoms in total. The first-order valence-electron chi connectivity index (χ1n) is 4.03. The molecule has 66 valence electrons. The molecular formula is C10H14FN. The number of hydrogen-bond donors (Lipinski definition) is 0. The van der Waals surface area contributed by atoms with Gasteiger partial charge in [0.1, 0.15) is 5.82 Å². The maximum Gasteiger partial charge on any atom is 0.127 e. The van der Waals surface area contributed by atoms with Gasteiger partial charge in [-0.05, 0) is 27.1 Å². The van der Waals surface area contributed by atoms with Crippen molar-refractivity contribution < 1.29 is 4.39 Å². The lowest BCUT2D eigenvalue weighted by atomic mass is 10.1. The fourth-order valence-corrected chi connectivity index (χ4v) is 1.09. The number of halogens is 1. The first kappa shape index (κ1) is 9.20. The van der Waals surface area contributed by atoms with Crippen molar-refractivity contribution in [2.24, 2.45) is 0 Å². The molecule has 0 aromatic heterocycles. The Hall–Kier alpha value is -0.890. The summed E-state index contributed by atoms with van der Waals surface area (Å²) in [7, 11) is 3.88. The van der Waals surface area contributed by atoms with Crippen molar-refractivity contribution in [2.45, 2.75) is 13.0 Å². The third kappa shape index (κ3) is 1.83. The summed E-state index contributed by atoms with van der Waals surface area (Å²) in [6, 6.07) is 7.01. The highest BCUT2D eigenvalue weighted by atomic mass is 19.1. The van der Waals surface area contributed by atoms with Gasteiger partial charge < -0.3 is 4.90 Å². The average molecular weight is 167 g/mol. The van der Waals surface area contributed by atoms with Crippen LogP contribution in [0.15, 0.2) is 24.3 Å². The van der Waals surface area contributed by atoms with Crippen molar-refractivity contribution >= 4 is 0 Å². The zero-order valence-electron chi connectivity index (χ0n) is 7.71. The van der Waals surface area contributed by atoms with E-state index >= 15 is 0 Å². The zero-order chi connectivity index (χ0) is 9.14. The molecule has 0 saturated carbocycles. The molecule has 0 aliphatic heterocycles. The molecule has 0 radical (unpaired) electrons. The molecule has 1 rings (SSSR count). The molecule has 0 amide bonds. The van der Waals surface area contributed by atoms with E-state index in [2.05, 4.69) is 0 Å².